The van der Waals surface area contributed by atoms with Crippen molar-refractivity contribution in [2.24, 2.45) is 0 Å². The molecule has 0 saturated heterocycles. The molecule has 6 rings (SSSR count). The summed E-state index contributed by atoms with van der Waals surface area (Å²) in [5.41, 5.74) is 0.907. The van der Waals surface area contributed by atoms with E-state index in [1.807, 2.05) is 0 Å². The van der Waals surface area contributed by atoms with Crippen molar-refractivity contribution in [2.45, 2.75) is 31.3 Å². The fourth-order valence-electron chi connectivity index (χ4n) is 5.61. The number of halogens is 4. The summed E-state index contributed by atoms with van der Waals surface area (Å²) in [6, 6.07) is 8.73. The van der Waals surface area contributed by atoms with Crippen LogP contribution in [-0.4, -0.2) is 47.3 Å². The number of carbonyl (C=O) groups excluding carboxylic acids is 1. The number of aromatic nitrogens is 2. The fraction of sp³-hybridized carbons (Fsp3) is 0.286. The summed E-state index contributed by atoms with van der Waals surface area (Å²) < 4.78 is 100. The number of amides is 1. The Balaban J connectivity index is 1.57. The van der Waals surface area contributed by atoms with Gasteiger partial charge in [-0.25, -0.2) is 13.8 Å². The van der Waals surface area contributed by atoms with Crippen LogP contribution in [0.2, 0.25) is 0 Å². The molecule has 0 aliphatic carbocycles. The highest BCUT2D eigenvalue weighted by atomic mass is 31.2. The Morgan fingerprint density at radius 1 is 1.10 bits per heavy atom. The Kier molecular flexibility index (Phi) is 5.09. The van der Waals surface area contributed by atoms with E-state index in [0.29, 0.717) is 10.4 Å². The van der Waals surface area contributed by atoms with Crippen LogP contribution in [0.25, 0.3) is 22.2 Å². The highest BCUT2D eigenvalue weighted by molar-refractivity contribution is 7.61. The largest absolute Gasteiger partial charge is 0.434 e. The van der Waals surface area contributed by atoms with Crippen molar-refractivity contribution >= 4 is 24.1 Å². The molecular formula is C28H24F4N3O3P. The van der Waals surface area contributed by atoms with E-state index >= 15 is 4.39 Å². The van der Waals surface area contributed by atoms with Crippen LogP contribution in [0.15, 0.2) is 48.5 Å². The molecule has 3 aromatic carbocycles. The minimum Gasteiger partial charge on any atom is -0.434 e. The van der Waals surface area contributed by atoms with Gasteiger partial charge in [0.1, 0.15) is 23.2 Å². The number of carbonyl (C=O) groups is 1. The first-order chi connectivity index (χ1) is 19.6. The van der Waals surface area contributed by atoms with E-state index in [1.54, 1.807) is 17.9 Å². The van der Waals surface area contributed by atoms with Gasteiger partial charge in [-0.2, -0.15) is 8.78 Å². The Morgan fingerprint density at radius 3 is 2.59 bits per heavy atom. The summed E-state index contributed by atoms with van der Waals surface area (Å²) in [4.78, 5) is 18.7. The molecule has 0 N–H and O–H groups in total. The molecule has 2 atom stereocenters. The van der Waals surface area contributed by atoms with Crippen molar-refractivity contribution < 1.29 is 35.8 Å². The van der Waals surface area contributed by atoms with Crippen molar-refractivity contribution in [3.63, 3.8) is 0 Å². The number of fused-ring (bicyclic) bond motifs is 9. The molecule has 4 aromatic rings. The maximum Gasteiger partial charge on any atom is 0.387 e. The predicted molar refractivity (Wildman–Crippen MR) is 139 cm³/mol. The van der Waals surface area contributed by atoms with Gasteiger partial charge in [0.2, 0.25) is 0 Å². The first-order valence-electron chi connectivity index (χ1n) is 13.6. The van der Waals surface area contributed by atoms with E-state index in [0.717, 1.165) is 12.1 Å². The van der Waals surface area contributed by atoms with Crippen molar-refractivity contribution in [1.82, 2.24) is 14.5 Å². The van der Waals surface area contributed by atoms with Crippen LogP contribution in [0.3, 0.4) is 0 Å². The lowest BCUT2D eigenvalue weighted by molar-refractivity contribution is -0.0507. The van der Waals surface area contributed by atoms with Crippen molar-refractivity contribution in [2.75, 3.05) is 20.3 Å². The van der Waals surface area contributed by atoms with Crippen LogP contribution >= 0.6 is 7.14 Å². The van der Waals surface area contributed by atoms with Crippen LogP contribution in [0.4, 0.5) is 17.6 Å². The van der Waals surface area contributed by atoms with E-state index in [2.05, 4.69) is 4.98 Å². The van der Waals surface area contributed by atoms with Crippen LogP contribution in [0.1, 0.15) is 49.9 Å². The maximum absolute atomic E-state index is 15.4. The van der Waals surface area contributed by atoms with Gasteiger partial charge in [0.25, 0.3) is 5.91 Å². The number of hydrogen-bond acceptors (Lipinski definition) is 4. The number of rotatable bonds is 5. The molecule has 0 spiro atoms. The third kappa shape index (κ3) is 4.22. The Bertz CT molecular complexity index is 1820. The molecule has 0 unspecified atom stereocenters. The normalized spacial score (nSPS) is 19.9. The summed E-state index contributed by atoms with van der Waals surface area (Å²) >= 11 is 0. The molecule has 3 heterocycles. The van der Waals surface area contributed by atoms with Gasteiger partial charge in [-0.3, -0.25) is 4.79 Å². The van der Waals surface area contributed by atoms with Gasteiger partial charge in [-0.15, -0.1) is 0 Å². The molecule has 6 nitrogen and oxygen atoms in total. The maximum atomic E-state index is 15.4. The van der Waals surface area contributed by atoms with Crippen LogP contribution in [-0.2, 0) is 10.7 Å². The number of benzene rings is 3. The lowest BCUT2D eigenvalue weighted by atomic mass is 9.97. The fourth-order valence-corrected chi connectivity index (χ4v) is 6.68. The molecule has 1 aromatic heterocycles. The zero-order valence-corrected chi connectivity index (χ0v) is 21.7. The topological polar surface area (TPSA) is 64.4 Å². The van der Waals surface area contributed by atoms with E-state index in [1.165, 1.54) is 36.4 Å². The Morgan fingerprint density at radius 2 is 1.90 bits per heavy atom. The lowest BCUT2D eigenvalue weighted by Gasteiger charge is -2.24. The average Bonchev–Trinajstić information content (AvgIpc) is 3.35. The van der Waals surface area contributed by atoms with Crippen molar-refractivity contribution in [1.29, 1.82) is 0 Å². The second kappa shape index (κ2) is 8.95. The second-order valence-electron chi connectivity index (χ2n) is 10.2. The van der Waals surface area contributed by atoms with E-state index in [4.69, 9.17) is 8.85 Å². The zero-order valence-electron chi connectivity index (χ0n) is 23.8. The molecule has 2 bridgehead atoms. The molecular weight excluding hydrogens is 533 g/mol. The molecule has 0 fully saturated rings. The Labute approximate surface area is 225 Å². The quantitative estimate of drug-likeness (QED) is 0.198. The molecule has 2 aliphatic heterocycles. The van der Waals surface area contributed by atoms with Gasteiger partial charge in [0, 0.05) is 46.4 Å². The van der Waals surface area contributed by atoms with Gasteiger partial charge in [0.15, 0.2) is 0 Å². The lowest BCUT2D eigenvalue weighted by Crippen LogP contribution is -2.30. The van der Waals surface area contributed by atoms with Gasteiger partial charge in [-0.1, -0.05) is 18.2 Å². The van der Waals surface area contributed by atoms with Gasteiger partial charge in [-0.05, 0) is 48.7 Å². The highest BCUT2D eigenvalue weighted by Crippen LogP contribution is 2.50. The van der Waals surface area contributed by atoms with Crippen LogP contribution in [0.5, 0.6) is 5.75 Å². The summed E-state index contributed by atoms with van der Waals surface area (Å²) in [6.07, 6.45) is 0.0457. The highest BCUT2D eigenvalue weighted by Gasteiger charge is 2.45. The number of nitrogens with zero attached hydrogens (tertiary/aromatic N) is 3. The van der Waals surface area contributed by atoms with Crippen molar-refractivity contribution in [3.8, 4) is 16.9 Å². The SMILES string of the molecule is [2H]C([2H])([2H])N1C(=O)c2cccc(OC(F)F)c2[C@H]2C[C@@H]1c1nc3cc(F)c(-c4ccc(CP(C)(C)=O)c(F)c4)cc3n12. The van der Waals surface area contributed by atoms with Gasteiger partial charge < -0.3 is 18.8 Å². The average molecular weight is 561 g/mol. The second-order valence-corrected chi connectivity index (χ2v) is 13.7. The van der Waals surface area contributed by atoms with E-state index < -0.39 is 50.4 Å². The predicted octanol–water partition coefficient (Wildman–Crippen LogP) is 6.83. The van der Waals surface area contributed by atoms with Gasteiger partial charge in [0.05, 0.1) is 30.3 Å². The number of ether oxygens (including phenoxy) is 1. The molecule has 0 saturated carbocycles. The first kappa shape index (κ1) is 22.2. The summed E-state index contributed by atoms with van der Waals surface area (Å²) in [6.45, 7) is -3.03. The minimum atomic E-state index is -3.21. The summed E-state index contributed by atoms with van der Waals surface area (Å²) in [7, 11) is -2.57. The third-order valence-corrected chi connectivity index (χ3v) is 8.26. The smallest absolute Gasteiger partial charge is 0.387 e. The molecule has 0 radical (unpaired) electrons. The van der Waals surface area contributed by atoms with E-state index in [9.17, 15) is 22.5 Å². The van der Waals surface area contributed by atoms with Crippen LogP contribution in [0, 0.1) is 11.6 Å². The zero-order chi connectivity index (χ0) is 30.3. The Hall–Kier alpha value is -3.65. The standard InChI is InChI=1S/C28H24F4N3O3P/c1-34-23-12-22(25-16(27(34)36)5-4-6-24(25)38-28(31)32)35-21-10-17(19(30)11-20(21)33-26(23)35)14-7-8-15(18(29)9-14)13-39(2,3)37/h4-11,22-23,28H,12-13H2,1-3H3/t22-,23-/m1/s1/i1D3. The third-order valence-electron chi connectivity index (χ3n) is 7.15. The summed E-state index contributed by atoms with van der Waals surface area (Å²) in [5.74, 6) is -2.39. The molecule has 1 amide bonds. The minimum absolute atomic E-state index is 0.00312. The van der Waals surface area contributed by atoms with Crippen LogP contribution < -0.4 is 4.74 Å². The number of hydrogen-bond donors (Lipinski definition) is 0. The summed E-state index contributed by atoms with van der Waals surface area (Å²) in [5, 5.41) is 0. The number of alkyl halides is 2. The van der Waals surface area contributed by atoms with E-state index in [-0.39, 0.29) is 57.5 Å². The monoisotopic (exact) mass is 560 g/mol. The molecule has 2 aliphatic rings. The first-order valence-corrected chi connectivity index (χ1v) is 14.9. The molecule has 39 heavy (non-hydrogen) atoms. The van der Waals surface area contributed by atoms with Crippen molar-refractivity contribution in [3.05, 3.63) is 82.7 Å². The van der Waals surface area contributed by atoms with Gasteiger partial charge >= 0.3 is 6.61 Å². The number of imidazole rings is 1. The molecule has 202 valence electrons. The molecule has 11 heteroatoms.